The fourth-order valence-corrected chi connectivity index (χ4v) is 2.57. The molecule has 2 unspecified atom stereocenters. The quantitative estimate of drug-likeness (QED) is 0.767. The summed E-state index contributed by atoms with van der Waals surface area (Å²) in [6.45, 7) is 0. The summed E-state index contributed by atoms with van der Waals surface area (Å²) in [5, 5.41) is 10.3. The molecule has 16 heavy (non-hydrogen) atoms. The minimum Gasteiger partial charge on any atom is -0.388 e. The molecule has 0 aliphatic heterocycles. The van der Waals surface area contributed by atoms with Crippen molar-refractivity contribution in [1.29, 1.82) is 0 Å². The summed E-state index contributed by atoms with van der Waals surface area (Å²) in [5.41, 5.74) is 3.60. The molecule has 2 aromatic rings. The molecule has 0 amide bonds. The van der Waals surface area contributed by atoms with Gasteiger partial charge < -0.3 is 5.11 Å². The fraction of sp³-hybridized carbons (Fsp3) is 0.200. The predicted molar refractivity (Wildman–Crippen MR) is 64.3 cm³/mol. The molecule has 0 fully saturated rings. The highest BCUT2D eigenvalue weighted by Crippen LogP contribution is 2.41. The summed E-state index contributed by atoms with van der Waals surface area (Å²) in [6.07, 6.45) is 0.597. The molecule has 1 nitrogen and oxygen atoms in total. The second-order valence-corrected chi connectivity index (χ2v) is 4.36. The Morgan fingerprint density at radius 3 is 2.31 bits per heavy atom. The van der Waals surface area contributed by atoms with Crippen LogP contribution in [0, 0.1) is 0 Å². The third-order valence-corrected chi connectivity index (χ3v) is 3.42. The maximum absolute atomic E-state index is 10.3. The van der Waals surface area contributed by atoms with E-state index < -0.39 is 0 Å². The third kappa shape index (κ3) is 1.44. The molecule has 80 valence electrons. The summed E-state index contributed by atoms with van der Waals surface area (Å²) in [4.78, 5) is 0. The highest BCUT2D eigenvalue weighted by Gasteiger charge is 2.31. The molecular formula is C15H14O. The van der Waals surface area contributed by atoms with Gasteiger partial charge in [-0.25, -0.2) is 0 Å². The number of benzene rings is 2. The van der Waals surface area contributed by atoms with Gasteiger partial charge in [0, 0.05) is 5.92 Å². The lowest BCUT2D eigenvalue weighted by Gasteiger charge is -2.15. The average molecular weight is 210 g/mol. The molecule has 1 aliphatic rings. The Morgan fingerprint density at radius 1 is 0.875 bits per heavy atom. The maximum Gasteiger partial charge on any atom is 0.0864 e. The molecule has 3 rings (SSSR count). The Labute approximate surface area is 95.4 Å². The topological polar surface area (TPSA) is 20.2 Å². The van der Waals surface area contributed by atoms with E-state index in [-0.39, 0.29) is 12.0 Å². The van der Waals surface area contributed by atoms with Crippen molar-refractivity contribution < 1.29 is 5.11 Å². The molecule has 0 aromatic heterocycles. The molecule has 1 N–H and O–H groups in total. The zero-order valence-corrected chi connectivity index (χ0v) is 9.01. The first-order valence-corrected chi connectivity index (χ1v) is 5.67. The van der Waals surface area contributed by atoms with Crippen LogP contribution in [-0.4, -0.2) is 5.11 Å². The first-order valence-electron chi connectivity index (χ1n) is 5.67. The van der Waals surface area contributed by atoms with Gasteiger partial charge in [0.15, 0.2) is 0 Å². The van der Waals surface area contributed by atoms with E-state index in [1.807, 2.05) is 36.4 Å². The molecule has 2 atom stereocenters. The van der Waals surface area contributed by atoms with Crippen molar-refractivity contribution >= 4 is 0 Å². The standard InChI is InChI=1S/C15H14O/c16-15-13-9-5-4-8-12(13)10-14(15)11-6-2-1-3-7-11/h1-9,14-16H,10H2. The summed E-state index contributed by atoms with van der Waals surface area (Å²) in [7, 11) is 0. The van der Waals surface area contributed by atoms with Gasteiger partial charge >= 0.3 is 0 Å². The molecule has 0 radical (unpaired) electrons. The van der Waals surface area contributed by atoms with Crippen LogP contribution in [0.2, 0.25) is 0 Å². The Bertz CT molecular complexity index is 490. The molecule has 0 bridgehead atoms. The number of rotatable bonds is 1. The van der Waals surface area contributed by atoms with Crippen molar-refractivity contribution in [2.45, 2.75) is 18.4 Å². The zero-order chi connectivity index (χ0) is 11.0. The van der Waals surface area contributed by atoms with E-state index in [9.17, 15) is 5.11 Å². The normalized spacial score (nSPS) is 23.1. The first-order chi connectivity index (χ1) is 7.86. The highest BCUT2D eigenvalue weighted by molar-refractivity contribution is 5.39. The molecule has 0 saturated heterocycles. The molecule has 0 heterocycles. The van der Waals surface area contributed by atoms with Crippen molar-refractivity contribution in [3.05, 3.63) is 71.3 Å². The van der Waals surface area contributed by atoms with Crippen molar-refractivity contribution in [3.8, 4) is 0 Å². The van der Waals surface area contributed by atoms with Crippen LogP contribution in [0.25, 0.3) is 0 Å². The summed E-state index contributed by atoms with van der Waals surface area (Å²) in [5.74, 6) is 0.221. The van der Waals surface area contributed by atoms with Crippen molar-refractivity contribution in [2.75, 3.05) is 0 Å². The van der Waals surface area contributed by atoms with Gasteiger partial charge in [0.25, 0.3) is 0 Å². The first kappa shape index (κ1) is 9.61. The Balaban J connectivity index is 1.99. The second-order valence-electron chi connectivity index (χ2n) is 4.36. The van der Waals surface area contributed by atoms with E-state index in [0.717, 1.165) is 12.0 Å². The van der Waals surface area contributed by atoms with Crippen molar-refractivity contribution in [2.24, 2.45) is 0 Å². The van der Waals surface area contributed by atoms with Crippen LogP contribution in [0.5, 0.6) is 0 Å². The van der Waals surface area contributed by atoms with Crippen LogP contribution >= 0.6 is 0 Å². The van der Waals surface area contributed by atoms with Gasteiger partial charge in [0.2, 0.25) is 0 Å². The zero-order valence-electron chi connectivity index (χ0n) is 9.01. The van der Waals surface area contributed by atoms with Gasteiger partial charge in [-0.1, -0.05) is 54.6 Å². The van der Waals surface area contributed by atoms with Gasteiger partial charge in [0.05, 0.1) is 6.10 Å². The van der Waals surface area contributed by atoms with Gasteiger partial charge in [-0.2, -0.15) is 0 Å². The summed E-state index contributed by atoms with van der Waals surface area (Å²) in [6, 6.07) is 18.5. The van der Waals surface area contributed by atoms with Crippen LogP contribution < -0.4 is 0 Å². The second kappa shape index (κ2) is 3.76. The maximum atomic E-state index is 10.3. The molecule has 0 saturated carbocycles. The number of hydrogen-bond acceptors (Lipinski definition) is 1. The van der Waals surface area contributed by atoms with Crippen LogP contribution in [-0.2, 0) is 6.42 Å². The Kier molecular flexibility index (Phi) is 2.26. The van der Waals surface area contributed by atoms with Gasteiger partial charge in [-0.05, 0) is 23.1 Å². The van der Waals surface area contributed by atoms with E-state index in [1.165, 1.54) is 11.1 Å². The molecule has 1 aliphatic carbocycles. The smallest absolute Gasteiger partial charge is 0.0864 e. The van der Waals surface area contributed by atoms with Crippen LogP contribution in [0.4, 0.5) is 0 Å². The lowest BCUT2D eigenvalue weighted by atomic mass is 9.94. The molecule has 1 heteroatoms. The minimum atomic E-state index is -0.349. The largest absolute Gasteiger partial charge is 0.388 e. The minimum absolute atomic E-state index is 0.221. The van der Waals surface area contributed by atoms with E-state index >= 15 is 0 Å². The predicted octanol–water partition coefficient (Wildman–Crippen LogP) is 3.06. The number of fused-ring (bicyclic) bond motifs is 1. The number of hydrogen-bond donors (Lipinski definition) is 1. The van der Waals surface area contributed by atoms with E-state index in [1.54, 1.807) is 0 Å². The van der Waals surface area contributed by atoms with Crippen LogP contribution in [0.3, 0.4) is 0 Å². The van der Waals surface area contributed by atoms with Crippen molar-refractivity contribution in [1.82, 2.24) is 0 Å². The SMILES string of the molecule is OC1c2ccccc2CC1c1ccccc1. The van der Waals surface area contributed by atoms with Crippen LogP contribution in [0.1, 0.15) is 28.7 Å². The Hall–Kier alpha value is -1.60. The lowest BCUT2D eigenvalue weighted by Crippen LogP contribution is -2.04. The number of aliphatic hydroxyl groups is 1. The molecular weight excluding hydrogens is 196 g/mol. The van der Waals surface area contributed by atoms with Gasteiger partial charge in [-0.3, -0.25) is 0 Å². The van der Waals surface area contributed by atoms with Crippen LogP contribution in [0.15, 0.2) is 54.6 Å². The van der Waals surface area contributed by atoms with Crippen molar-refractivity contribution in [3.63, 3.8) is 0 Å². The summed E-state index contributed by atoms with van der Waals surface area (Å²) >= 11 is 0. The third-order valence-electron chi connectivity index (χ3n) is 3.42. The molecule has 0 spiro atoms. The lowest BCUT2D eigenvalue weighted by molar-refractivity contribution is 0.158. The van der Waals surface area contributed by atoms with Gasteiger partial charge in [0.1, 0.15) is 0 Å². The number of aliphatic hydroxyl groups excluding tert-OH is 1. The monoisotopic (exact) mass is 210 g/mol. The van der Waals surface area contributed by atoms with Gasteiger partial charge in [-0.15, -0.1) is 0 Å². The fourth-order valence-electron chi connectivity index (χ4n) is 2.57. The van der Waals surface area contributed by atoms with E-state index in [2.05, 4.69) is 18.2 Å². The van der Waals surface area contributed by atoms with E-state index in [4.69, 9.17) is 0 Å². The Morgan fingerprint density at radius 2 is 1.56 bits per heavy atom. The average Bonchev–Trinajstić information content (AvgIpc) is 2.69. The summed E-state index contributed by atoms with van der Waals surface area (Å²) < 4.78 is 0. The van der Waals surface area contributed by atoms with E-state index in [0.29, 0.717) is 0 Å². The molecule has 2 aromatic carbocycles. The highest BCUT2D eigenvalue weighted by atomic mass is 16.3.